The maximum Gasteiger partial charge on any atom is 0.309 e. The molecule has 4 heteroatoms. The zero-order valence-corrected chi connectivity index (χ0v) is 14.3. The SMILES string of the molecule is CCC(CCCCC(C)C)OC(=O)C1CCC(C(=O)O)CC1. The summed E-state index contributed by atoms with van der Waals surface area (Å²) in [4.78, 5) is 23.1. The molecule has 1 rings (SSSR count). The number of carbonyl (C=O) groups is 2. The minimum absolute atomic E-state index is 0.0249. The van der Waals surface area contributed by atoms with Gasteiger partial charge in [-0.15, -0.1) is 0 Å². The van der Waals surface area contributed by atoms with Crippen molar-refractivity contribution in [2.75, 3.05) is 0 Å². The Morgan fingerprint density at radius 3 is 2.09 bits per heavy atom. The zero-order chi connectivity index (χ0) is 16.5. The number of carbonyl (C=O) groups excluding carboxylic acids is 1. The summed E-state index contributed by atoms with van der Waals surface area (Å²) < 4.78 is 5.66. The first kappa shape index (κ1) is 19.0. The standard InChI is InChI=1S/C18H32O4/c1-4-16(8-6-5-7-13(2)3)22-18(21)15-11-9-14(10-12-15)17(19)20/h13-16H,4-12H2,1-3H3,(H,19,20). The van der Waals surface area contributed by atoms with Gasteiger partial charge in [-0.3, -0.25) is 9.59 Å². The van der Waals surface area contributed by atoms with Gasteiger partial charge in [-0.05, 0) is 50.9 Å². The number of hydrogen-bond donors (Lipinski definition) is 1. The average Bonchev–Trinajstić information content (AvgIpc) is 2.49. The molecule has 1 saturated carbocycles. The van der Waals surface area contributed by atoms with E-state index in [1.807, 2.05) is 0 Å². The normalized spacial score (nSPS) is 23.3. The summed E-state index contributed by atoms with van der Waals surface area (Å²) in [6.45, 7) is 6.51. The molecule has 0 saturated heterocycles. The lowest BCUT2D eigenvalue weighted by Crippen LogP contribution is -2.29. The monoisotopic (exact) mass is 312 g/mol. The van der Waals surface area contributed by atoms with Crippen molar-refractivity contribution in [3.05, 3.63) is 0 Å². The summed E-state index contributed by atoms with van der Waals surface area (Å²) in [5, 5.41) is 8.99. The Morgan fingerprint density at radius 2 is 1.59 bits per heavy atom. The second-order valence-corrected chi connectivity index (χ2v) is 7.03. The van der Waals surface area contributed by atoms with E-state index in [2.05, 4.69) is 20.8 Å². The molecule has 0 aromatic heterocycles. The van der Waals surface area contributed by atoms with Gasteiger partial charge in [0.15, 0.2) is 0 Å². The van der Waals surface area contributed by atoms with Crippen LogP contribution in [0.15, 0.2) is 0 Å². The van der Waals surface area contributed by atoms with Crippen molar-refractivity contribution < 1.29 is 19.4 Å². The smallest absolute Gasteiger partial charge is 0.309 e. The van der Waals surface area contributed by atoms with Gasteiger partial charge in [0.25, 0.3) is 0 Å². The van der Waals surface area contributed by atoms with Crippen LogP contribution in [0.4, 0.5) is 0 Å². The Balaban J connectivity index is 2.28. The first-order chi connectivity index (χ1) is 10.4. The first-order valence-corrected chi connectivity index (χ1v) is 8.87. The van der Waals surface area contributed by atoms with Gasteiger partial charge in [0.1, 0.15) is 6.10 Å². The van der Waals surface area contributed by atoms with E-state index in [4.69, 9.17) is 9.84 Å². The van der Waals surface area contributed by atoms with Crippen LogP contribution >= 0.6 is 0 Å². The molecule has 0 aromatic rings. The summed E-state index contributed by atoms with van der Waals surface area (Å²) in [5.41, 5.74) is 0. The molecule has 0 bridgehead atoms. The van der Waals surface area contributed by atoms with Crippen LogP contribution in [0.2, 0.25) is 0 Å². The Labute approximate surface area is 134 Å². The van der Waals surface area contributed by atoms with Gasteiger partial charge in [-0.25, -0.2) is 0 Å². The van der Waals surface area contributed by atoms with Crippen molar-refractivity contribution in [2.24, 2.45) is 17.8 Å². The minimum atomic E-state index is -0.733. The lowest BCUT2D eigenvalue weighted by atomic mass is 9.82. The van der Waals surface area contributed by atoms with Crippen LogP contribution in [-0.2, 0) is 14.3 Å². The molecule has 0 amide bonds. The van der Waals surface area contributed by atoms with E-state index in [0.717, 1.165) is 25.2 Å². The molecule has 0 aliphatic heterocycles. The highest BCUT2D eigenvalue weighted by Gasteiger charge is 2.31. The minimum Gasteiger partial charge on any atom is -0.481 e. The van der Waals surface area contributed by atoms with Crippen LogP contribution in [0.25, 0.3) is 0 Å². The van der Waals surface area contributed by atoms with E-state index in [1.54, 1.807) is 0 Å². The summed E-state index contributed by atoms with van der Waals surface area (Å²) >= 11 is 0. The molecule has 128 valence electrons. The van der Waals surface area contributed by atoms with E-state index in [1.165, 1.54) is 12.8 Å². The van der Waals surface area contributed by atoms with Crippen LogP contribution in [0.3, 0.4) is 0 Å². The molecule has 1 aliphatic carbocycles. The lowest BCUT2D eigenvalue weighted by Gasteiger charge is -2.26. The zero-order valence-electron chi connectivity index (χ0n) is 14.3. The number of aliphatic carboxylic acids is 1. The third-order valence-corrected chi connectivity index (χ3v) is 4.71. The Morgan fingerprint density at radius 1 is 1.05 bits per heavy atom. The molecule has 0 spiro atoms. The third kappa shape index (κ3) is 6.80. The van der Waals surface area contributed by atoms with E-state index < -0.39 is 5.97 Å². The number of esters is 1. The Kier molecular flexibility index (Phi) is 8.51. The maximum atomic E-state index is 12.2. The molecule has 4 nitrogen and oxygen atoms in total. The molecular formula is C18H32O4. The van der Waals surface area contributed by atoms with Gasteiger partial charge in [-0.2, -0.15) is 0 Å². The second-order valence-electron chi connectivity index (χ2n) is 7.03. The lowest BCUT2D eigenvalue weighted by molar-refractivity contribution is -0.157. The Bertz CT molecular complexity index is 343. The van der Waals surface area contributed by atoms with Crippen molar-refractivity contribution in [3.63, 3.8) is 0 Å². The third-order valence-electron chi connectivity index (χ3n) is 4.71. The van der Waals surface area contributed by atoms with Crippen LogP contribution < -0.4 is 0 Å². The van der Waals surface area contributed by atoms with Crippen LogP contribution in [0.5, 0.6) is 0 Å². The topological polar surface area (TPSA) is 63.6 Å². The molecule has 22 heavy (non-hydrogen) atoms. The van der Waals surface area contributed by atoms with Gasteiger partial charge in [0, 0.05) is 0 Å². The van der Waals surface area contributed by atoms with Gasteiger partial charge >= 0.3 is 11.9 Å². The molecule has 1 N–H and O–H groups in total. The van der Waals surface area contributed by atoms with Crippen molar-refractivity contribution >= 4 is 11.9 Å². The fourth-order valence-electron chi connectivity index (χ4n) is 3.11. The first-order valence-electron chi connectivity index (χ1n) is 8.87. The van der Waals surface area contributed by atoms with E-state index in [9.17, 15) is 9.59 Å². The predicted molar refractivity (Wildman–Crippen MR) is 86.6 cm³/mol. The molecule has 0 aromatic carbocycles. The predicted octanol–water partition coefficient (Wildman–Crippen LogP) is 4.42. The van der Waals surface area contributed by atoms with E-state index in [-0.39, 0.29) is 23.9 Å². The number of hydrogen-bond acceptors (Lipinski definition) is 3. The number of carboxylic acids is 1. The van der Waals surface area contributed by atoms with Crippen LogP contribution in [0.1, 0.15) is 78.6 Å². The molecule has 0 heterocycles. The molecule has 1 atom stereocenters. The summed E-state index contributed by atoms with van der Waals surface area (Å²) in [5.74, 6) is -0.489. The van der Waals surface area contributed by atoms with Crippen molar-refractivity contribution in [3.8, 4) is 0 Å². The quantitative estimate of drug-likeness (QED) is 0.506. The number of unbranched alkanes of at least 4 members (excludes halogenated alkanes) is 1. The highest BCUT2D eigenvalue weighted by molar-refractivity contribution is 5.74. The summed E-state index contributed by atoms with van der Waals surface area (Å²) in [6.07, 6.45) is 7.85. The van der Waals surface area contributed by atoms with Gasteiger partial charge in [0.05, 0.1) is 11.8 Å². The fourth-order valence-corrected chi connectivity index (χ4v) is 3.11. The number of carboxylic acid groups (broad SMARTS) is 1. The maximum absolute atomic E-state index is 12.2. The van der Waals surface area contributed by atoms with Gasteiger partial charge < -0.3 is 9.84 Å². The fraction of sp³-hybridized carbons (Fsp3) is 0.889. The molecule has 1 aliphatic rings. The summed E-state index contributed by atoms with van der Waals surface area (Å²) in [7, 11) is 0. The highest BCUT2D eigenvalue weighted by Crippen LogP contribution is 2.30. The second kappa shape index (κ2) is 9.86. The van der Waals surface area contributed by atoms with Crippen molar-refractivity contribution in [1.29, 1.82) is 0 Å². The van der Waals surface area contributed by atoms with Crippen LogP contribution in [-0.4, -0.2) is 23.1 Å². The Hall–Kier alpha value is -1.06. The number of rotatable bonds is 9. The van der Waals surface area contributed by atoms with E-state index >= 15 is 0 Å². The van der Waals surface area contributed by atoms with Gasteiger partial charge in [-0.1, -0.05) is 33.6 Å². The summed E-state index contributed by atoms with van der Waals surface area (Å²) in [6, 6.07) is 0. The van der Waals surface area contributed by atoms with Gasteiger partial charge in [0.2, 0.25) is 0 Å². The largest absolute Gasteiger partial charge is 0.481 e. The molecule has 1 fully saturated rings. The highest BCUT2D eigenvalue weighted by atomic mass is 16.5. The molecular weight excluding hydrogens is 280 g/mol. The molecule has 1 unspecified atom stereocenters. The van der Waals surface area contributed by atoms with Crippen LogP contribution in [0, 0.1) is 17.8 Å². The average molecular weight is 312 g/mol. The van der Waals surface area contributed by atoms with E-state index in [0.29, 0.717) is 25.7 Å². The molecule has 0 radical (unpaired) electrons. The van der Waals surface area contributed by atoms with Crippen molar-refractivity contribution in [2.45, 2.75) is 84.7 Å². The van der Waals surface area contributed by atoms with Crippen molar-refractivity contribution in [1.82, 2.24) is 0 Å². The number of ether oxygens (including phenoxy) is 1.